The van der Waals surface area contributed by atoms with Gasteiger partial charge in [0.1, 0.15) is 18.2 Å². The summed E-state index contributed by atoms with van der Waals surface area (Å²) >= 11 is 0. The van der Waals surface area contributed by atoms with Crippen LogP contribution in [0.3, 0.4) is 0 Å². The van der Waals surface area contributed by atoms with Crippen LogP contribution in [0.5, 0.6) is 5.75 Å². The molecule has 0 fully saturated rings. The molecule has 0 atom stereocenters. The summed E-state index contributed by atoms with van der Waals surface area (Å²) in [4.78, 5) is 0. The van der Waals surface area contributed by atoms with Crippen LogP contribution in [0.1, 0.15) is 11.5 Å². The molecule has 1 aromatic heterocycles. The molecular weight excluding hydrogens is 271 g/mol. The zero-order valence-corrected chi connectivity index (χ0v) is 11.4. The molecule has 0 radical (unpaired) electrons. The van der Waals surface area contributed by atoms with Crippen molar-refractivity contribution in [2.45, 2.75) is 13.5 Å². The Balaban J connectivity index is 1.67. The van der Waals surface area contributed by atoms with E-state index in [1.807, 2.05) is 30.3 Å². The van der Waals surface area contributed by atoms with Crippen molar-refractivity contribution in [3.63, 3.8) is 0 Å². The minimum atomic E-state index is -0.266. The third kappa shape index (κ3) is 3.25. The van der Waals surface area contributed by atoms with Gasteiger partial charge < -0.3 is 9.15 Å². The minimum absolute atomic E-state index is 0.266. The fourth-order valence-electron chi connectivity index (χ4n) is 1.90. The number of nitrogens with zero attached hydrogens (tertiary/aromatic N) is 2. The maximum absolute atomic E-state index is 13.1. The summed E-state index contributed by atoms with van der Waals surface area (Å²) in [5.41, 5.74) is 1.61. The van der Waals surface area contributed by atoms with Crippen molar-refractivity contribution in [2.75, 3.05) is 0 Å². The second-order valence-corrected chi connectivity index (χ2v) is 4.57. The van der Waals surface area contributed by atoms with Gasteiger partial charge in [0.25, 0.3) is 0 Å². The molecule has 4 nitrogen and oxygen atoms in total. The highest BCUT2D eigenvalue weighted by Gasteiger charge is 2.06. The molecular formula is C16H13FN2O2. The summed E-state index contributed by atoms with van der Waals surface area (Å²) in [5, 5.41) is 7.74. The molecule has 0 spiro atoms. The third-order valence-corrected chi connectivity index (χ3v) is 2.92. The summed E-state index contributed by atoms with van der Waals surface area (Å²) in [7, 11) is 0. The number of benzene rings is 2. The van der Waals surface area contributed by atoms with E-state index < -0.39 is 0 Å². The van der Waals surface area contributed by atoms with Crippen molar-refractivity contribution in [1.82, 2.24) is 10.2 Å². The van der Waals surface area contributed by atoms with Gasteiger partial charge in [0, 0.05) is 12.5 Å². The van der Waals surface area contributed by atoms with Crippen molar-refractivity contribution in [3.05, 3.63) is 65.8 Å². The molecule has 0 saturated heterocycles. The fourth-order valence-corrected chi connectivity index (χ4v) is 1.90. The molecule has 3 rings (SSSR count). The summed E-state index contributed by atoms with van der Waals surface area (Å²) in [5.74, 6) is 1.43. The van der Waals surface area contributed by atoms with E-state index in [0.717, 1.165) is 11.1 Å². The van der Waals surface area contributed by atoms with Crippen LogP contribution in [-0.4, -0.2) is 10.2 Å². The van der Waals surface area contributed by atoms with E-state index in [2.05, 4.69) is 10.2 Å². The Kier molecular flexibility index (Phi) is 3.64. The first-order chi connectivity index (χ1) is 10.2. The molecule has 0 N–H and O–H groups in total. The molecule has 21 heavy (non-hydrogen) atoms. The number of ether oxygens (including phenoxy) is 1. The summed E-state index contributed by atoms with van der Waals surface area (Å²) in [6.07, 6.45) is 0. The maximum atomic E-state index is 13.1. The molecule has 1 heterocycles. The second-order valence-electron chi connectivity index (χ2n) is 4.57. The average Bonchev–Trinajstić information content (AvgIpc) is 2.92. The van der Waals surface area contributed by atoms with Gasteiger partial charge >= 0.3 is 0 Å². The fraction of sp³-hybridized carbons (Fsp3) is 0.125. The standard InChI is InChI=1S/C16H13FN2O2/c1-11-18-19-16(21-11)13-5-7-15(8-6-13)20-10-12-3-2-4-14(17)9-12/h2-9H,10H2,1H3. The molecule has 0 aliphatic rings. The number of hydrogen-bond acceptors (Lipinski definition) is 4. The van der Waals surface area contributed by atoms with Crippen LogP contribution < -0.4 is 4.74 Å². The van der Waals surface area contributed by atoms with Gasteiger partial charge in [-0.15, -0.1) is 10.2 Å². The molecule has 0 bridgehead atoms. The van der Waals surface area contributed by atoms with E-state index in [9.17, 15) is 4.39 Å². The Bertz CT molecular complexity index is 738. The predicted molar refractivity (Wildman–Crippen MR) is 75.2 cm³/mol. The Morgan fingerprint density at radius 2 is 1.90 bits per heavy atom. The smallest absolute Gasteiger partial charge is 0.247 e. The molecule has 0 aliphatic heterocycles. The highest BCUT2D eigenvalue weighted by atomic mass is 19.1. The lowest BCUT2D eigenvalue weighted by atomic mass is 10.2. The molecule has 3 aromatic rings. The lowest BCUT2D eigenvalue weighted by Crippen LogP contribution is -1.95. The zero-order chi connectivity index (χ0) is 14.7. The van der Waals surface area contributed by atoms with E-state index in [1.165, 1.54) is 12.1 Å². The Hall–Kier alpha value is -2.69. The van der Waals surface area contributed by atoms with Crippen LogP contribution in [0.15, 0.2) is 52.9 Å². The van der Waals surface area contributed by atoms with Gasteiger partial charge in [-0.1, -0.05) is 12.1 Å². The number of aromatic nitrogens is 2. The molecule has 5 heteroatoms. The zero-order valence-electron chi connectivity index (χ0n) is 11.4. The quantitative estimate of drug-likeness (QED) is 0.732. The van der Waals surface area contributed by atoms with E-state index in [-0.39, 0.29) is 5.82 Å². The maximum Gasteiger partial charge on any atom is 0.247 e. The topological polar surface area (TPSA) is 48.2 Å². The van der Waals surface area contributed by atoms with Crippen molar-refractivity contribution < 1.29 is 13.5 Å². The second kappa shape index (κ2) is 5.75. The van der Waals surface area contributed by atoms with Crippen molar-refractivity contribution in [1.29, 1.82) is 0 Å². The van der Waals surface area contributed by atoms with E-state index >= 15 is 0 Å². The first-order valence-corrected chi connectivity index (χ1v) is 6.48. The number of aryl methyl sites for hydroxylation is 1. The highest BCUT2D eigenvalue weighted by Crippen LogP contribution is 2.21. The first-order valence-electron chi connectivity index (χ1n) is 6.48. The van der Waals surface area contributed by atoms with Gasteiger partial charge in [0.2, 0.25) is 11.8 Å². The highest BCUT2D eigenvalue weighted by molar-refractivity contribution is 5.53. The first kappa shape index (κ1) is 13.3. The molecule has 0 amide bonds. The lowest BCUT2D eigenvalue weighted by Gasteiger charge is -2.06. The van der Waals surface area contributed by atoms with Gasteiger partial charge in [-0.2, -0.15) is 0 Å². The third-order valence-electron chi connectivity index (χ3n) is 2.92. The average molecular weight is 284 g/mol. The lowest BCUT2D eigenvalue weighted by molar-refractivity contribution is 0.305. The largest absolute Gasteiger partial charge is 0.489 e. The molecule has 0 unspecified atom stereocenters. The van der Waals surface area contributed by atoms with Gasteiger partial charge in [0.15, 0.2) is 0 Å². The molecule has 0 saturated carbocycles. The van der Waals surface area contributed by atoms with Crippen LogP contribution in [0.25, 0.3) is 11.5 Å². The molecule has 0 aliphatic carbocycles. The Morgan fingerprint density at radius 1 is 1.10 bits per heavy atom. The predicted octanol–water partition coefficient (Wildman–Crippen LogP) is 3.76. The van der Waals surface area contributed by atoms with Gasteiger partial charge in [-0.25, -0.2) is 4.39 Å². The van der Waals surface area contributed by atoms with Crippen LogP contribution in [0.4, 0.5) is 4.39 Å². The van der Waals surface area contributed by atoms with Crippen LogP contribution in [0.2, 0.25) is 0 Å². The van der Waals surface area contributed by atoms with Crippen LogP contribution in [0, 0.1) is 12.7 Å². The summed E-state index contributed by atoms with van der Waals surface area (Å²) in [6, 6.07) is 13.7. The van der Waals surface area contributed by atoms with Gasteiger partial charge in [0.05, 0.1) is 0 Å². The Labute approximate surface area is 121 Å². The molecule has 106 valence electrons. The van der Waals surface area contributed by atoms with Crippen LogP contribution >= 0.6 is 0 Å². The van der Waals surface area contributed by atoms with Gasteiger partial charge in [-0.3, -0.25) is 0 Å². The van der Waals surface area contributed by atoms with Crippen molar-refractivity contribution in [2.24, 2.45) is 0 Å². The van der Waals surface area contributed by atoms with Crippen molar-refractivity contribution in [3.8, 4) is 17.2 Å². The SMILES string of the molecule is Cc1nnc(-c2ccc(OCc3cccc(F)c3)cc2)o1. The normalized spacial score (nSPS) is 10.6. The monoisotopic (exact) mass is 284 g/mol. The molecule has 2 aromatic carbocycles. The van der Waals surface area contributed by atoms with Crippen LogP contribution in [-0.2, 0) is 6.61 Å². The summed E-state index contributed by atoms with van der Waals surface area (Å²) < 4.78 is 24.0. The van der Waals surface area contributed by atoms with E-state index in [1.54, 1.807) is 13.0 Å². The number of halogens is 1. The number of rotatable bonds is 4. The van der Waals surface area contributed by atoms with Crippen molar-refractivity contribution >= 4 is 0 Å². The summed E-state index contributed by atoms with van der Waals surface area (Å²) in [6.45, 7) is 2.06. The van der Waals surface area contributed by atoms with Gasteiger partial charge in [-0.05, 0) is 42.0 Å². The van der Waals surface area contributed by atoms with E-state index in [4.69, 9.17) is 9.15 Å². The minimum Gasteiger partial charge on any atom is -0.489 e. The number of hydrogen-bond donors (Lipinski definition) is 0. The Morgan fingerprint density at radius 3 is 2.57 bits per heavy atom. The van der Waals surface area contributed by atoms with E-state index in [0.29, 0.717) is 24.1 Å².